The smallest absolute Gasteiger partial charge is 0.240 e. The monoisotopic (exact) mass is 339 g/mol. The summed E-state index contributed by atoms with van der Waals surface area (Å²) in [5.41, 5.74) is -0.0263. The SMILES string of the molecule is CC1CC2CCC[C@@]23O[C@@H](C1=O)[C@@H]1C(=O)N(c2ccccc2)C(=O)[C@@H]13. The van der Waals surface area contributed by atoms with Crippen LogP contribution in [0.1, 0.15) is 32.6 Å². The molecule has 0 N–H and O–H groups in total. The van der Waals surface area contributed by atoms with Gasteiger partial charge in [0.05, 0.1) is 23.1 Å². The maximum Gasteiger partial charge on any atom is 0.240 e. The van der Waals surface area contributed by atoms with Gasteiger partial charge in [-0.3, -0.25) is 14.4 Å². The first-order valence-corrected chi connectivity index (χ1v) is 9.19. The van der Waals surface area contributed by atoms with Crippen LogP contribution < -0.4 is 4.90 Å². The van der Waals surface area contributed by atoms with E-state index in [0.717, 1.165) is 25.7 Å². The highest BCUT2D eigenvalue weighted by molar-refractivity contribution is 6.24. The maximum absolute atomic E-state index is 13.3. The number of rotatable bonds is 1. The molecule has 1 aromatic rings. The van der Waals surface area contributed by atoms with Gasteiger partial charge in [-0.1, -0.05) is 31.5 Å². The number of carbonyl (C=O) groups is 3. The first kappa shape index (κ1) is 15.3. The summed E-state index contributed by atoms with van der Waals surface area (Å²) in [6.07, 6.45) is 2.75. The lowest BCUT2D eigenvalue weighted by molar-refractivity contribution is -0.144. The van der Waals surface area contributed by atoms with Crippen LogP contribution in [0.2, 0.25) is 0 Å². The van der Waals surface area contributed by atoms with Crippen LogP contribution in [0.25, 0.3) is 0 Å². The third-order valence-corrected chi connectivity index (χ3v) is 6.78. The fourth-order valence-electron chi connectivity index (χ4n) is 5.74. The number of ether oxygens (including phenoxy) is 1. The number of imide groups is 1. The average molecular weight is 339 g/mol. The Morgan fingerprint density at radius 2 is 1.88 bits per heavy atom. The van der Waals surface area contributed by atoms with Crippen molar-refractivity contribution in [3.8, 4) is 0 Å². The zero-order chi connectivity index (χ0) is 17.3. The standard InChI is InChI=1S/C20H21NO4/c1-11-10-12-6-5-9-20(12)15-14(17(25-20)16(11)22)18(23)21(19(15)24)13-7-3-2-4-8-13/h2-4,7-8,11-12,14-15,17H,5-6,9-10H2,1H3/t11?,12?,14-,15-,17-,20-/m1/s1. The first-order chi connectivity index (χ1) is 12.0. The third-order valence-electron chi connectivity index (χ3n) is 6.78. The lowest BCUT2D eigenvalue weighted by Gasteiger charge is -2.34. The number of hydrogen-bond acceptors (Lipinski definition) is 4. The molecule has 1 aliphatic carbocycles. The van der Waals surface area contributed by atoms with Crippen molar-refractivity contribution >= 4 is 23.3 Å². The molecule has 2 unspecified atom stereocenters. The van der Waals surface area contributed by atoms with E-state index in [0.29, 0.717) is 5.69 Å². The van der Waals surface area contributed by atoms with Gasteiger partial charge in [-0.15, -0.1) is 0 Å². The quantitative estimate of drug-likeness (QED) is 0.737. The Balaban J connectivity index is 1.64. The molecule has 3 saturated heterocycles. The van der Waals surface area contributed by atoms with E-state index in [2.05, 4.69) is 0 Å². The van der Waals surface area contributed by atoms with E-state index in [4.69, 9.17) is 4.74 Å². The van der Waals surface area contributed by atoms with Gasteiger partial charge in [-0.05, 0) is 37.3 Å². The molecule has 5 rings (SSSR count). The van der Waals surface area contributed by atoms with Crippen molar-refractivity contribution in [1.29, 1.82) is 0 Å². The van der Waals surface area contributed by atoms with Gasteiger partial charge in [-0.2, -0.15) is 0 Å². The number of para-hydroxylation sites is 1. The van der Waals surface area contributed by atoms with Crippen LogP contribution in [0, 0.1) is 23.7 Å². The first-order valence-electron chi connectivity index (χ1n) is 9.19. The van der Waals surface area contributed by atoms with Gasteiger partial charge in [-0.25, -0.2) is 4.90 Å². The van der Waals surface area contributed by atoms with Crippen LogP contribution in [0.5, 0.6) is 0 Å². The van der Waals surface area contributed by atoms with Gasteiger partial charge in [0.1, 0.15) is 6.10 Å². The van der Waals surface area contributed by atoms with E-state index in [9.17, 15) is 14.4 Å². The zero-order valence-electron chi connectivity index (χ0n) is 14.2. The molecule has 130 valence electrons. The molecule has 0 radical (unpaired) electrons. The second-order valence-corrected chi connectivity index (χ2v) is 7.97. The molecule has 1 saturated carbocycles. The Morgan fingerprint density at radius 3 is 2.64 bits per heavy atom. The molecule has 1 aromatic carbocycles. The summed E-state index contributed by atoms with van der Waals surface area (Å²) in [5.74, 6) is -1.52. The normalized spacial score (nSPS) is 42.5. The molecule has 5 nitrogen and oxygen atoms in total. The lowest BCUT2D eigenvalue weighted by Crippen LogP contribution is -2.45. The Labute approximate surface area is 146 Å². The summed E-state index contributed by atoms with van der Waals surface area (Å²) in [7, 11) is 0. The number of ketones is 1. The topological polar surface area (TPSA) is 63.7 Å². The highest BCUT2D eigenvalue weighted by atomic mass is 16.5. The van der Waals surface area contributed by atoms with E-state index in [1.165, 1.54) is 4.90 Å². The molecule has 4 aliphatic rings. The number of nitrogens with zero attached hydrogens (tertiary/aromatic N) is 1. The predicted molar refractivity (Wildman–Crippen MR) is 89.6 cm³/mol. The fourth-order valence-corrected chi connectivity index (χ4v) is 5.74. The van der Waals surface area contributed by atoms with Crippen LogP contribution in [0.4, 0.5) is 5.69 Å². The molecular weight excluding hydrogens is 318 g/mol. The number of hydrogen-bond donors (Lipinski definition) is 0. The van der Waals surface area contributed by atoms with E-state index < -0.39 is 23.5 Å². The summed E-state index contributed by atoms with van der Waals surface area (Å²) < 4.78 is 6.29. The predicted octanol–water partition coefficient (Wildman–Crippen LogP) is 2.34. The van der Waals surface area contributed by atoms with Gasteiger partial charge >= 0.3 is 0 Å². The van der Waals surface area contributed by atoms with Crippen molar-refractivity contribution in [1.82, 2.24) is 0 Å². The maximum atomic E-state index is 13.3. The summed E-state index contributed by atoms with van der Waals surface area (Å²) >= 11 is 0. The second kappa shape index (κ2) is 5.01. The van der Waals surface area contributed by atoms with Crippen molar-refractivity contribution in [2.75, 3.05) is 4.90 Å². The summed E-state index contributed by atoms with van der Waals surface area (Å²) in [6.45, 7) is 1.93. The summed E-state index contributed by atoms with van der Waals surface area (Å²) in [5, 5.41) is 0. The van der Waals surface area contributed by atoms with Crippen molar-refractivity contribution in [3.63, 3.8) is 0 Å². The number of fused-ring (bicyclic) bond motifs is 3. The van der Waals surface area contributed by atoms with Gasteiger partial charge in [0.15, 0.2) is 5.78 Å². The van der Waals surface area contributed by atoms with Gasteiger partial charge < -0.3 is 4.74 Å². The molecule has 25 heavy (non-hydrogen) atoms. The molecule has 6 atom stereocenters. The fraction of sp³-hybridized carbons (Fsp3) is 0.550. The minimum Gasteiger partial charge on any atom is -0.362 e. The number of Topliss-reactive ketones (excluding diaryl/α,β-unsaturated/α-hetero) is 1. The van der Waals surface area contributed by atoms with Gasteiger partial charge in [0, 0.05) is 5.92 Å². The minimum atomic E-state index is -0.756. The average Bonchev–Trinajstić information content (AvgIpc) is 3.22. The molecule has 3 heterocycles. The van der Waals surface area contributed by atoms with Crippen molar-refractivity contribution < 1.29 is 19.1 Å². The molecule has 3 aliphatic heterocycles. The number of carbonyl (C=O) groups excluding carboxylic acids is 3. The van der Waals surface area contributed by atoms with Crippen molar-refractivity contribution in [2.24, 2.45) is 23.7 Å². The van der Waals surface area contributed by atoms with Crippen LogP contribution in [0.3, 0.4) is 0 Å². The minimum absolute atomic E-state index is 0.00247. The van der Waals surface area contributed by atoms with Crippen molar-refractivity contribution in [2.45, 2.75) is 44.3 Å². The molecule has 4 fully saturated rings. The molecule has 0 aromatic heterocycles. The molecule has 5 heteroatoms. The third kappa shape index (κ3) is 1.79. The van der Waals surface area contributed by atoms with E-state index in [-0.39, 0.29) is 29.4 Å². The van der Waals surface area contributed by atoms with Gasteiger partial charge in [0.2, 0.25) is 11.8 Å². The Hall–Kier alpha value is -2.01. The zero-order valence-corrected chi connectivity index (χ0v) is 14.2. The molecular formula is C20H21NO4. The lowest BCUT2D eigenvalue weighted by atomic mass is 9.69. The molecule has 2 amide bonds. The Kier molecular flexibility index (Phi) is 3.06. The largest absolute Gasteiger partial charge is 0.362 e. The van der Waals surface area contributed by atoms with Crippen LogP contribution >= 0.6 is 0 Å². The number of amides is 2. The highest BCUT2D eigenvalue weighted by Crippen LogP contribution is 2.60. The van der Waals surface area contributed by atoms with E-state index in [1.54, 1.807) is 12.1 Å². The summed E-state index contributed by atoms with van der Waals surface area (Å²) in [4.78, 5) is 40.6. The molecule has 2 bridgehead atoms. The van der Waals surface area contributed by atoms with Crippen LogP contribution in [0.15, 0.2) is 30.3 Å². The highest BCUT2D eigenvalue weighted by Gasteiger charge is 2.72. The molecule has 1 spiro atoms. The van der Waals surface area contributed by atoms with Crippen molar-refractivity contribution in [3.05, 3.63) is 30.3 Å². The Morgan fingerprint density at radius 1 is 1.12 bits per heavy atom. The van der Waals surface area contributed by atoms with E-state index >= 15 is 0 Å². The Bertz CT molecular complexity index is 775. The number of benzene rings is 1. The van der Waals surface area contributed by atoms with Crippen LogP contribution in [-0.2, 0) is 19.1 Å². The van der Waals surface area contributed by atoms with Gasteiger partial charge in [0.25, 0.3) is 0 Å². The summed E-state index contributed by atoms with van der Waals surface area (Å²) in [6, 6.07) is 9.04. The van der Waals surface area contributed by atoms with E-state index in [1.807, 2.05) is 25.1 Å². The second-order valence-electron chi connectivity index (χ2n) is 7.97. The van der Waals surface area contributed by atoms with Crippen LogP contribution in [-0.4, -0.2) is 29.3 Å². The number of anilines is 1.